The minimum Gasteiger partial charge on any atom is -0.374 e. The van der Waals surface area contributed by atoms with Crippen molar-refractivity contribution in [3.05, 3.63) is 29.8 Å². The number of morpholine rings is 1. The van der Waals surface area contributed by atoms with E-state index in [1.54, 1.807) is 0 Å². The average Bonchev–Trinajstić information content (AvgIpc) is 2.46. The van der Waals surface area contributed by atoms with E-state index in [0.717, 1.165) is 24.3 Å². The first-order valence-electron chi connectivity index (χ1n) is 6.81. The smallest absolute Gasteiger partial charge is 0.319 e. The van der Waals surface area contributed by atoms with E-state index in [-0.39, 0.29) is 12.1 Å². The van der Waals surface area contributed by atoms with Crippen LogP contribution in [0.1, 0.15) is 5.56 Å². The maximum absolute atomic E-state index is 11.8. The minimum atomic E-state index is -0.220. The second-order valence-electron chi connectivity index (χ2n) is 4.99. The van der Waals surface area contributed by atoms with Crippen LogP contribution in [0.3, 0.4) is 0 Å². The number of rotatable bonds is 4. The summed E-state index contributed by atoms with van der Waals surface area (Å²) >= 11 is 0. The fourth-order valence-corrected chi connectivity index (χ4v) is 2.10. The van der Waals surface area contributed by atoms with E-state index in [0.29, 0.717) is 19.7 Å². The number of carbonyl (C=O) groups excluding carboxylic acids is 1. The number of urea groups is 1. The maximum Gasteiger partial charge on any atom is 0.319 e. The molecule has 20 heavy (non-hydrogen) atoms. The molecule has 2 amide bonds. The average molecular weight is 278 g/mol. The molecule has 0 spiro atoms. The Hall–Kier alpha value is -1.63. The van der Waals surface area contributed by atoms with E-state index in [4.69, 9.17) is 10.5 Å². The molecule has 0 bridgehead atoms. The number of likely N-dealkylation sites (N-methyl/N-ethyl adjacent to an activating group) is 1. The summed E-state index contributed by atoms with van der Waals surface area (Å²) in [6, 6.07) is 7.26. The number of hydrogen-bond donors (Lipinski definition) is 3. The topological polar surface area (TPSA) is 79.6 Å². The monoisotopic (exact) mass is 278 g/mol. The minimum absolute atomic E-state index is 0.0547. The molecule has 0 saturated carbocycles. The van der Waals surface area contributed by atoms with Crippen LogP contribution in [0.15, 0.2) is 24.3 Å². The van der Waals surface area contributed by atoms with Gasteiger partial charge in [0.1, 0.15) is 0 Å². The van der Waals surface area contributed by atoms with Crippen molar-refractivity contribution in [2.75, 3.05) is 38.6 Å². The molecule has 0 aromatic heterocycles. The number of amides is 2. The molecule has 0 radical (unpaired) electrons. The summed E-state index contributed by atoms with van der Waals surface area (Å²) < 4.78 is 5.58. The molecular formula is C14H22N4O2. The van der Waals surface area contributed by atoms with Crippen LogP contribution in [0.4, 0.5) is 10.5 Å². The van der Waals surface area contributed by atoms with Crippen LogP contribution in [0, 0.1) is 0 Å². The van der Waals surface area contributed by atoms with Crippen LogP contribution >= 0.6 is 0 Å². The fraction of sp³-hybridized carbons (Fsp3) is 0.500. The fourth-order valence-electron chi connectivity index (χ4n) is 2.10. The van der Waals surface area contributed by atoms with Gasteiger partial charge in [0.05, 0.1) is 12.7 Å². The Morgan fingerprint density at radius 2 is 2.20 bits per heavy atom. The third-order valence-corrected chi connectivity index (χ3v) is 3.28. The summed E-state index contributed by atoms with van der Waals surface area (Å²) in [5, 5.41) is 5.61. The standard InChI is InChI=1S/C14H22N4O2/c1-18-6-7-20-13(10-18)9-16-14(19)17-12-4-2-11(8-15)3-5-12/h2-5,13H,6-10,15H2,1H3,(H2,16,17,19). The second kappa shape index (κ2) is 7.23. The van der Waals surface area contributed by atoms with E-state index < -0.39 is 0 Å². The number of carbonyl (C=O) groups is 1. The van der Waals surface area contributed by atoms with Crippen molar-refractivity contribution in [1.82, 2.24) is 10.2 Å². The Kier molecular flexibility index (Phi) is 5.34. The first-order valence-corrected chi connectivity index (χ1v) is 6.81. The highest BCUT2D eigenvalue weighted by Crippen LogP contribution is 2.09. The normalized spacial score (nSPS) is 19.6. The van der Waals surface area contributed by atoms with E-state index in [9.17, 15) is 4.79 Å². The SMILES string of the molecule is CN1CCOC(CNC(=O)Nc2ccc(CN)cc2)C1. The summed E-state index contributed by atoms with van der Waals surface area (Å²) in [5.41, 5.74) is 7.31. The molecule has 1 aliphatic heterocycles. The van der Waals surface area contributed by atoms with Crippen LogP contribution in [0.5, 0.6) is 0 Å². The van der Waals surface area contributed by atoms with Gasteiger partial charge >= 0.3 is 6.03 Å². The van der Waals surface area contributed by atoms with Crippen molar-refractivity contribution in [1.29, 1.82) is 0 Å². The van der Waals surface area contributed by atoms with Gasteiger partial charge in [-0.15, -0.1) is 0 Å². The van der Waals surface area contributed by atoms with Gasteiger partial charge in [-0.2, -0.15) is 0 Å². The van der Waals surface area contributed by atoms with Crippen LogP contribution in [-0.2, 0) is 11.3 Å². The lowest BCUT2D eigenvalue weighted by Gasteiger charge is -2.30. The Morgan fingerprint density at radius 1 is 1.45 bits per heavy atom. The molecule has 1 atom stereocenters. The molecule has 1 aromatic carbocycles. The first-order chi connectivity index (χ1) is 9.67. The molecule has 1 fully saturated rings. The van der Waals surface area contributed by atoms with Crippen molar-refractivity contribution in [3.63, 3.8) is 0 Å². The van der Waals surface area contributed by atoms with Gasteiger partial charge < -0.3 is 26.0 Å². The first kappa shape index (κ1) is 14.8. The van der Waals surface area contributed by atoms with Crippen molar-refractivity contribution >= 4 is 11.7 Å². The van der Waals surface area contributed by atoms with Gasteiger partial charge in [0, 0.05) is 31.9 Å². The zero-order valence-corrected chi connectivity index (χ0v) is 11.8. The van der Waals surface area contributed by atoms with Crippen molar-refractivity contribution < 1.29 is 9.53 Å². The molecule has 2 rings (SSSR count). The van der Waals surface area contributed by atoms with Gasteiger partial charge in [0.15, 0.2) is 0 Å². The number of ether oxygens (including phenoxy) is 1. The van der Waals surface area contributed by atoms with Crippen molar-refractivity contribution in [3.8, 4) is 0 Å². The number of nitrogens with one attached hydrogen (secondary N) is 2. The van der Waals surface area contributed by atoms with Gasteiger partial charge in [-0.1, -0.05) is 12.1 Å². The number of nitrogens with two attached hydrogens (primary N) is 1. The predicted molar refractivity (Wildman–Crippen MR) is 78.6 cm³/mol. The summed E-state index contributed by atoms with van der Waals surface area (Å²) in [6.07, 6.45) is 0.0547. The Bertz CT molecular complexity index is 435. The maximum atomic E-state index is 11.8. The zero-order valence-electron chi connectivity index (χ0n) is 11.8. The molecule has 6 heteroatoms. The summed E-state index contributed by atoms with van der Waals surface area (Å²) in [4.78, 5) is 14.0. The highest BCUT2D eigenvalue weighted by atomic mass is 16.5. The van der Waals surface area contributed by atoms with E-state index >= 15 is 0 Å². The quantitative estimate of drug-likeness (QED) is 0.753. The third-order valence-electron chi connectivity index (χ3n) is 3.28. The van der Waals surface area contributed by atoms with Gasteiger partial charge in [-0.3, -0.25) is 0 Å². The molecule has 0 aliphatic carbocycles. The molecule has 4 N–H and O–H groups in total. The molecule has 1 aromatic rings. The van der Waals surface area contributed by atoms with E-state index in [1.165, 1.54) is 0 Å². The van der Waals surface area contributed by atoms with Gasteiger partial charge in [0.2, 0.25) is 0 Å². The van der Waals surface area contributed by atoms with Crippen LogP contribution in [0.2, 0.25) is 0 Å². The highest BCUT2D eigenvalue weighted by molar-refractivity contribution is 5.89. The zero-order chi connectivity index (χ0) is 14.4. The number of nitrogens with zero attached hydrogens (tertiary/aromatic N) is 1. The number of anilines is 1. The van der Waals surface area contributed by atoms with Crippen LogP contribution in [-0.4, -0.2) is 50.3 Å². The molecule has 1 saturated heterocycles. The van der Waals surface area contributed by atoms with Crippen molar-refractivity contribution in [2.45, 2.75) is 12.6 Å². The Labute approximate surface area is 119 Å². The molecule has 6 nitrogen and oxygen atoms in total. The summed E-state index contributed by atoms with van der Waals surface area (Å²) in [7, 11) is 2.05. The Morgan fingerprint density at radius 3 is 2.85 bits per heavy atom. The predicted octanol–water partition coefficient (Wildman–Crippen LogP) is 0.597. The number of hydrogen-bond acceptors (Lipinski definition) is 4. The van der Waals surface area contributed by atoms with Crippen LogP contribution < -0.4 is 16.4 Å². The molecular weight excluding hydrogens is 256 g/mol. The summed E-state index contributed by atoms with van der Waals surface area (Å²) in [5.74, 6) is 0. The molecule has 110 valence electrons. The lowest BCUT2D eigenvalue weighted by atomic mass is 10.2. The van der Waals surface area contributed by atoms with E-state index in [1.807, 2.05) is 24.3 Å². The largest absolute Gasteiger partial charge is 0.374 e. The second-order valence-corrected chi connectivity index (χ2v) is 4.99. The van der Waals surface area contributed by atoms with E-state index in [2.05, 4.69) is 22.6 Å². The lowest BCUT2D eigenvalue weighted by Crippen LogP contribution is -2.46. The van der Waals surface area contributed by atoms with Crippen molar-refractivity contribution in [2.24, 2.45) is 5.73 Å². The lowest BCUT2D eigenvalue weighted by molar-refractivity contribution is -0.0166. The Balaban J connectivity index is 1.74. The summed E-state index contributed by atoms with van der Waals surface area (Å²) in [6.45, 7) is 3.50. The van der Waals surface area contributed by atoms with Gasteiger partial charge in [-0.25, -0.2) is 4.79 Å². The molecule has 1 unspecified atom stereocenters. The van der Waals surface area contributed by atoms with Gasteiger partial charge in [-0.05, 0) is 24.7 Å². The molecule has 1 heterocycles. The molecule has 1 aliphatic rings. The van der Waals surface area contributed by atoms with Crippen LogP contribution in [0.25, 0.3) is 0 Å². The number of benzene rings is 1. The highest BCUT2D eigenvalue weighted by Gasteiger charge is 2.18. The third kappa shape index (κ3) is 4.48. The van der Waals surface area contributed by atoms with Gasteiger partial charge in [0.25, 0.3) is 0 Å².